The van der Waals surface area contributed by atoms with Crippen molar-refractivity contribution in [1.82, 2.24) is 14.7 Å². The standard InChI is InChI=1S/C22H28ClN3O3/c1-14-8-10-18(11-9-14)12-25-21(23)20(17(4)24-25)22(28)29-13-19(27)26-15(2)6-5-7-16(26)3/h8-11,15-16H,5-7,12-13H2,1-4H3/t15-,16+. The molecule has 1 aliphatic rings. The summed E-state index contributed by atoms with van der Waals surface area (Å²) in [5.74, 6) is -0.785. The summed E-state index contributed by atoms with van der Waals surface area (Å²) in [5.41, 5.74) is 2.90. The second-order valence-corrected chi connectivity index (χ2v) is 8.26. The second-order valence-electron chi connectivity index (χ2n) is 7.90. The quantitative estimate of drug-likeness (QED) is 0.685. The van der Waals surface area contributed by atoms with Crippen LogP contribution >= 0.6 is 11.6 Å². The summed E-state index contributed by atoms with van der Waals surface area (Å²) >= 11 is 6.42. The number of carbonyl (C=O) groups excluding carboxylic acids is 2. The van der Waals surface area contributed by atoms with E-state index in [-0.39, 0.29) is 35.3 Å². The average Bonchev–Trinajstić information content (AvgIpc) is 2.95. The molecule has 2 atom stereocenters. The maximum atomic E-state index is 12.6. The first-order valence-electron chi connectivity index (χ1n) is 10.0. The summed E-state index contributed by atoms with van der Waals surface area (Å²) in [4.78, 5) is 27.0. The first-order valence-corrected chi connectivity index (χ1v) is 10.4. The Morgan fingerprint density at radius 3 is 2.38 bits per heavy atom. The number of aromatic nitrogens is 2. The van der Waals surface area contributed by atoms with Gasteiger partial charge in [-0.05, 0) is 52.5 Å². The normalized spacial score (nSPS) is 19.3. The van der Waals surface area contributed by atoms with E-state index < -0.39 is 5.97 Å². The Bertz CT molecular complexity index is 881. The van der Waals surface area contributed by atoms with Crippen LogP contribution in [0.2, 0.25) is 5.15 Å². The van der Waals surface area contributed by atoms with E-state index in [1.54, 1.807) is 11.6 Å². The number of halogens is 1. The fourth-order valence-electron chi connectivity index (χ4n) is 3.94. The second kappa shape index (κ2) is 8.99. The highest BCUT2D eigenvalue weighted by molar-refractivity contribution is 6.32. The Hall–Kier alpha value is -2.34. The number of esters is 1. The number of hydrogen-bond donors (Lipinski definition) is 0. The first-order chi connectivity index (χ1) is 13.8. The Kier molecular flexibility index (Phi) is 6.63. The fourth-order valence-corrected chi connectivity index (χ4v) is 4.25. The van der Waals surface area contributed by atoms with Gasteiger partial charge < -0.3 is 9.64 Å². The number of carbonyl (C=O) groups is 2. The molecular formula is C22H28ClN3O3. The minimum absolute atomic E-state index is 0.160. The SMILES string of the molecule is Cc1ccc(Cn2nc(C)c(C(=O)OCC(=O)N3[C@H](C)CCC[C@@H]3C)c2Cl)cc1. The summed E-state index contributed by atoms with van der Waals surface area (Å²) in [6.07, 6.45) is 3.06. The highest BCUT2D eigenvalue weighted by Gasteiger charge is 2.30. The number of aryl methyl sites for hydroxylation is 2. The van der Waals surface area contributed by atoms with Crippen LogP contribution in [0.1, 0.15) is 60.3 Å². The van der Waals surface area contributed by atoms with Crippen LogP contribution in [0.25, 0.3) is 0 Å². The van der Waals surface area contributed by atoms with Gasteiger partial charge in [0.15, 0.2) is 6.61 Å². The van der Waals surface area contributed by atoms with Crippen molar-refractivity contribution in [2.45, 2.75) is 65.6 Å². The average molecular weight is 418 g/mol. The molecule has 0 bridgehead atoms. The van der Waals surface area contributed by atoms with Crippen molar-refractivity contribution in [2.24, 2.45) is 0 Å². The third-order valence-electron chi connectivity index (χ3n) is 5.53. The Labute approximate surface area is 176 Å². The zero-order valence-corrected chi connectivity index (χ0v) is 18.2. The van der Waals surface area contributed by atoms with E-state index in [4.69, 9.17) is 16.3 Å². The van der Waals surface area contributed by atoms with Crippen molar-refractivity contribution in [1.29, 1.82) is 0 Å². The molecule has 0 saturated carbocycles. The van der Waals surface area contributed by atoms with Gasteiger partial charge in [-0.3, -0.25) is 4.79 Å². The molecule has 0 unspecified atom stereocenters. The van der Waals surface area contributed by atoms with Crippen molar-refractivity contribution < 1.29 is 14.3 Å². The van der Waals surface area contributed by atoms with Gasteiger partial charge >= 0.3 is 5.97 Å². The third kappa shape index (κ3) is 4.81. The summed E-state index contributed by atoms with van der Waals surface area (Å²) in [5, 5.41) is 4.60. The molecule has 156 valence electrons. The molecule has 1 aliphatic heterocycles. The van der Waals surface area contributed by atoms with E-state index >= 15 is 0 Å². The molecule has 1 aromatic heterocycles. The predicted octanol–water partition coefficient (Wildman–Crippen LogP) is 4.15. The van der Waals surface area contributed by atoms with E-state index in [9.17, 15) is 9.59 Å². The topological polar surface area (TPSA) is 64.4 Å². The van der Waals surface area contributed by atoms with Gasteiger partial charge in [-0.25, -0.2) is 9.48 Å². The van der Waals surface area contributed by atoms with Gasteiger partial charge in [0.2, 0.25) is 0 Å². The number of rotatable bonds is 5. The summed E-state index contributed by atoms with van der Waals surface area (Å²) in [6, 6.07) is 8.35. The van der Waals surface area contributed by atoms with E-state index in [1.165, 1.54) is 5.56 Å². The molecule has 2 aromatic rings. The molecule has 29 heavy (non-hydrogen) atoms. The van der Waals surface area contributed by atoms with Crippen molar-refractivity contribution in [3.63, 3.8) is 0 Å². The van der Waals surface area contributed by atoms with Crippen LogP contribution in [-0.4, -0.2) is 45.2 Å². The Balaban J connectivity index is 1.67. The minimum atomic E-state index is -0.617. The number of likely N-dealkylation sites (tertiary alicyclic amines) is 1. The van der Waals surface area contributed by atoms with Crippen LogP contribution < -0.4 is 0 Å². The maximum absolute atomic E-state index is 12.6. The molecule has 0 aliphatic carbocycles. The number of nitrogens with zero attached hydrogens (tertiary/aromatic N) is 3. The van der Waals surface area contributed by atoms with Crippen LogP contribution in [0.5, 0.6) is 0 Å². The van der Waals surface area contributed by atoms with Gasteiger partial charge in [-0.15, -0.1) is 0 Å². The molecular weight excluding hydrogens is 390 g/mol. The van der Waals surface area contributed by atoms with Crippen LogP contribution in [0, 0.1) is 13.8 Å². The third-order valence-corrected chi connectivity index (χ3v) is 5.91. The van der Waals surface area contributed by atoms with Gasteiger partial charge in [-0.1, -0.05) is 41.4 Å². The number of amides is 1. The summed E-state index contributed by atoms with van der Waals surface area (Å²) in [7, 11) is 0. The monoisotopic (exact) mass is 417 g/mol. The molecule has 1 fully saturated rings. The fraction of sp³-hybridized carbons (Fsp3) is 0.500. The minimum Gasteiger partial charge on any atom is -0.452 e. The lowest BCUT2D eigenvalue weighted by Gasteiger charge is -2.38. The van der Waals surface area contributed by atoms with E-state index in [2.05, 4.69) is 5.10 Å². The van der Waals surface area contributed by atoms with Gasteiger partial charge in [0.1, 0.15) is 10.7 Å². The predicted molar refractivity (Wildman–Crippen MR) is 112 cm³/mol. The Morgan fingerprint density at radius 1 is 1.14 bits per heavy atom. The number of ether oxygens (including phenoxy) is 1. The highest BCUT2D eigenvalue weighted by Crippen LogP contribution is 2.24. The number of piperidine rings is 1. The zero-order valence-electron chi connectivity index (χ0n) is 17.4. The maximum Gasteiger partial charge on any atom is 0.343 e. The number of benzene rings is 1. The molecule has 6 nitrogen and oxygen atoms in total. The molecule has 0 N–H and O–H groups in total. The molecule has 2 heterocycles. The largest absolute Gasteiger partial charge is 0.452 e. The van der Waals surface area contributed by atoms with Crippen molar-refractivity contribution >= 4 is 23.5 Å². The van der Waals surface area contributed by atoms with E-state index in [0.29, 0.717) is 12.2 Å². The lowest BCUT2D eigenvalue weighted by molar-refractivity contribution is -0.140. The molecule has 1 aromatic carbocycles. The van der Waals surface area contributed by atoms with E-state index in [1.807, 2.05) is 49.9 Å². The van der Waals surface area contributed by atoms with Crippen molar-refractivity contribution in [2.75, 3.05) is 6.61 Å². The van der Waals surface area contributed by atoms with Gasteiger partial charge in [-0.2, -0.15) is 5.10 Å². The molecule has 3 rings (SSSR count). The zero-order chi connectivity index (χ0) is 21.1. The first kappa shape index (κ1) is 21.4. The number of hydrogen-bond acceptors (Lipinski definition) is 4. The molecule has 1 amide bonds. The lowest BCUT2D eigenvalue weighted by atomic mass is 9.97. The highest BCUT2D eigenvalue weighted by atomic mass is 35.5. The lowest BCUT2D eigenvalue weighted by Crippen LogP contribution is -2.49. The van der Waals surface area contributed by atoms with Crippen LogP contribution in [0.15, 0.2) is 24.3 Å². The van der Waals surface area contributed by atoms with Crippen LogP contribution in [0.3, 0.4) is 0 Å². The van der Waals surface area contributed by atoms with E-state index in [0.717, 1.165) is 24.8 Å². The van der Waals surface area contributed by atoms with Crippen molar-refractivity contribution in [3.05, 3.63) is 51.8 Å². The Morgan fingerprint density at radius 2 is 1.76 bits per heavy atom. The van der Waals surface area contributed by atoms with Gasteiger partial charge in [0.25, 0.3) is 5.91 Å². The molecule has 1 saturated heterocycles. The van der Waals surface area contributed by atoms with Crippen LogP contribution in [0.4, 0.5) is 0 Å². The summed E-state index contributed by atoms with van der Waals surface area (Å²) in [6.45, 7) is 7.97. The summed E-state index contributed by atoms with van der Waals surface area (Å²) < 4.78 is 6.89. The van der Waals surface area contributed by atoms with Gasteiger partial charge in [0, 0.05) is 12.1 Å². The van der Waals surface area contributed by atoms with Crippen molar-refractivity contribution in [3.8, 4) is 0 Å². The van der Waals surface area contributed by atoms with Gasteiger partial charge in [0.05, 0.1) is 12.2 Å². The molecule has 0 spiro atoms. The molecule has 7 heteroatoms. The van der Waals surface area contributed by atoms with Crippen LogP contribution in [-0.2, 0) is 16.1 Å². The molecule has 0 radical (unpaired) electrons. The smallest absolute Gasteiger partial charge is 0.343 e.